The summed E-state index contributed by atoms with van der Waals surface area (Å²) in [6.07, 6.45) is 4.44. The third-order valence-corrected chi connectivity index (χ3v) is 2.60. The van der Waals surface area contributed by atoms with Gasteiger partial charge in [-0.25, -0.2) is 4.39 Å². The van der Waals surface area contributed by atoms with Crippen molar-refractivity contribution in [3.05, 3.63) is 35.6 Å². The second kappa shape index (κ2) is 6.57. The first-order valence-corrected chi connectivity index (χ1v) is 5.68. The molecule has 1 atom stereocenters. The topological polar surface area (TPSA) is 20.2 Å². The van der Waals surface area contributed by atoms with Gasteiger partial charge in [0.05, 0.1) is 6.10 Å². The first kappa shape index (κ1) is 12.2. The second-order valence-corrected chi connectivity index (χ2v) is 3.89. The summed E-state index contributed by atoms with van der Waals surface area (Å²) in [4.78, 5) is 0. The zero-order chi connectivity index (χ0) is 11.1. The van der Waals surface area contributed by atoms with Gasteiger partial charge in [0, 0.05) is 5.56 Å². The number of hydrogen-bond donors (Lipinski definition) is 1. The molecule has 0 saturated heterocycles. The van der Waals surface area contributed by atoms with E-state index < -0.39 is 6.10 Å². The molecule has 0 saturated carbocycles. The molecular weight excluding hydrogens is 191 g/mol. The summed E-state index contributed by atoms with van der Waals surface area (Å²) in [6.45, 7) is 2.15. The fourth-order valence-electron chi connectivity index (χ4n) is 1.67. The number of rotatable bonds is 6. The number of hydrogen-bond acceptors (Lipinski definition) is 1. The molecule has 0 unspecified atom stereocenters. The average Bonchev–Trinajstić information content (AvgIpc) is 2.25. The van der Waals surface area contributed by atoms with Gasteiger partial charge in [-0.1, -0.05) is 50.8 Å². The van der Waals surface area contributed by atoms with Gasteiger partial charge in [-0.15, -0.1) is 0 Å². The number of benzene rings is 1. The summed E-state index contributed by atoms with van der Waals surface area (Å²) in [5.41, 5.74) is 0.425. The van der Waals surface area contributed by atoms with Gasteiger partial charge < -0.3 is 5.11 Å². The van der Waals surface area contributed by atoms with Gasteiger partial charge in [-0.3, -0.25) is 0 Å². The quantitative estimate of drug-likeness (QED) is 0.707. The minimum atomic E-state index is -0.650. The van der Waals surface area contributed by atoms with Crippen molar-refractivity contribution in [2.45, 2.75) is 45.1 Å². The molecule has 0 aliphatic carbocycles. The molecule has 0 aliphatic heterocycles. The molecule has 1 N–H and O–H groups in total. The standard InChI is InChI=1S/C13H19FO/c1-2-3-4-5-10-13(15)11-8-6-7-9-12(11)14/h6-9,13,15H,2-5,10H2,1H3/t13-/m0/s1. The van der Waals surface area contributed by atoms with Crippen molar-refractivity contribution in [3.8, 4) is 0 Å². The van der Waals surface area contributed by atoms with Crippen LogP contribution in [0.25, 0.3) is 0 Å². The Morgan fingerprint density at radius 2 is 1.93 bits per heavy atom. The molecule has 0 heterocycles. The van der Waals surface area contributed by atoms with Crippen molar-refractivity contribution < 1.29 is 9.50 Å². The maximum Gasteiger partial charge on any atom is 0.128 e. The maximum atomic E-state index is 13.3. The highest BCUT2D eigenvalue weighted by molar-refractivity contribution is 5.19. The summed E-state index contributed by atoms with van der Waals surface area (Å²) >= 11 is 0. The molecule has 0 bridgehead atoms. The van der Waals surface area contributed by atoms with Crippen LogP contribution in [0.15, 0.2) is 24.3 Å². The third-order valence-electron chi connectivity index (χ3n) is 2.60. The van der Waals surface area contributed by atoms with Crippen molar-refractivity contribution >= 4 is 0 Å². The van der Waals surface area contributed by atoms with E-state index in [1.807, 2.05) is 0 Å². The zero-order valence-corrected chi connectivity index (χ0v) is 9.25. The van der Waals surface area contributed by atoms with E-state index in [0.29, 0.717) is 12.0 Å². The molecule has 0 aromatic heterocycles. The van der Waals surface area contributed by atoms with Gasteiger partial charge in [0.15, 0.2) is 0 Å². The summed E-state index contributed by atoms with van der Waals surface area (Å²) in [5.74, 6) is -0.305. The lowest BCUT2D eigenvalue weighted by atomic mass is 10.0. The van der Waals surface area contributed by atoms with E-state index >= 15 is 0 Å². The summed E-state index contributed by atoms with van der Waals surface area (Å²) in [7, 11) is 0. The molecule has 84 valence electrons. The zero-order valence-electron chi connectivity index (χ0n) is 9.25. The van der Waals surface area contributed by atoms with Crippen LogP contribution >= 0.6 is 0 Å². The highest BCUT2D eigenvalue weighted by atomic mass is 19.1. The van der Waals surface area contributed by atoms with Crippen molar-refractivity contribution in [1.82, 2.24) is 0 Å². The normalized spacial score (nSPS) is 12.7. The lowest BCUT2D eigenvalue weighted by molar-refractivity contribution is 0.159. The first-order valence-electron chi connectivity index (χ1n) is 5.68. The lowest BCUT2D eigenvalue weighted by Crippen LogP contribution is -2.00. The van der Waals surface area contributed by atoms with Gasteiger partial charge in [0.25, 0.3) is 0 Å². The number of halogens is 1. The van der Waals surface area contributed by atoms with Crippen LogP contribution in [0.5, 0.6) is 0 Å². The number of aliphatic hydroxyl groups is 1. The highest BCUT2D eigenvalue weighted by Gasteiger charge is 2.10. The summed E-state index contributed by atoms with van der Waals surface area (Å²) in [6, 6.07) is 6.45. The van der Waals surface area contributed by atoms with E-state index in [9.17, 15) is 9.50 Å². The summed E-state index contributed by atoms with van der Waals surface area (Å²) in [5, 5.41) is 9.76. The predicted molar refractivity (Wildman–Crippen MR) is 60.1 cm³/mol. The highest BCUT2D eigenvalue weighted by Crippen LogP contribution is 2.22. The van der Waals surface area contributed by atoms with Crippen LogP contribution in [0, 0.1) is 5.82 Å². The van der Waals surface area contributed by atoms with Crippen LogP contribution in [0.2, 0.25) is 0 Å². The lowest BCUT2D eigenvalue weighted by Gasteiger charge is -2.11. The fourth-order valence-corrected chi connectivity index (χ4v) is 1.67. The molecule has 0 radical (unpaired) electrons. The molecule has 15 heavy (non-hydrogen) atoms. The molecule has 1 aromatic rings. The van der Waals surface area contributed by atoms with Crippen molar-refractivity contribution in [2.24, 2.45) is 0 Å². The minimum Gasteiger partial charge on any atom is -0.388 e. The maximum absolute atomic E-state index is 13.3. The molecule has 0 aliphatic rings. The van der Waals surface area contributed by atoms with E-state index in [-0.39, 0.29) is 5.82 Å². The fraction of sp³-hybridized carbons (Fsp3) is 0.538. The number of unbranched alkanes of at least 4 members (excludes halogenated alkanes) is 3. The van der Waals surface area contributed by atoms with Gasteiger partial charge in [-0.2, -0.15) is 0 Å². The van der Waals surface area contributed by atoms with Crippen LogP contribution in [0.1, 0.15) is 50.7 Å². The Morgan fingerprint density at radius 1 is 1.20 bits per heavy atom. The van der Waals surface area contributed by atoms with Crippen LogP contribution in [-0.2, 0) is 0 Å². The summed E-state index contributed by atoms with van der Waals surface area (Å²) < 4.78 is 13.3. The molecule has 2 heteroatoms. The molecule has 1 aromatic carbocycles. The Labute approximate surface area is 90.9 Å². The van der Waals surface area contributed by atoms with Crippen LogP contribution in [-0.4, -0.2) is 5.11 Å². The van der Waals surface area contributed by atoms with Crippen LogP contribution in [0.4, 0.5) is 4.39 Å². The largest absolute Gasteiger partial charge is 0.388 e. The Balaban J connectivity index is 2.40. The molecule has 1 rings (SSSR count). The van der Waals surface area contributed by atoms with Gasteiger partial charge in [0.2, 0.25) is 0 Å². The first-order chi connectivity index (χ1) is 7.25. The smallest absolute Gasteiger partial charge is 0.128 e. The van der Waals surface area contributed by atoms with Crippen LogP contribution in [0.3, 0.4) is 0 Å². The Morgan fingerprint density at radius 3 is 2.60 bits per heavy atom. The van der Waals surface area contributed by atoms with Gasteiger partial charge in [-0.05, 0) is 12.5 Å². The van der Waals surface area contributed by atoms with E-state index in [2.05, 4.69) is 6.92 Å². The number of aliphatic hydroxyl groups excluding tert-OH is 1. The average molecular weight is 210 g/mol. The molecule has 0 fully saturated rings. The van der Waals surface area contributed by atoms with Crippen LogP contribution < -0.4 is 0 Å². The van der Waals surface area contributed by atoms with E-state index in [1.165, 1.54) is 18.9 Å². The monoisotopic (exact) mass is 210 g/mol. The van der Waals surface area contributed by atoms with Gasteiger partial charge in [0.1, 0.15) is 5.82 Å². The Kier molecular flexibility index (Phi) is 5.33. The Hall–Kier alpha value is -0.890. The van der Waals surface area contributed by atoms with E-state index in [0.717, 1.165) is 12.8 Å². The molecular formula is C13H19FO. The SMILES string of the molecule is CCCCCC[C@H](O)c1ccccc1F. The minimum absolute atomic E-state index is 0.305. The molecule has 1 nitrogen and oxygen atoms in total. The van der Waals surface area contributed by atoms with E-state index in [4.69, 9.17) is 0 Å². The second-order valence-electron chi connectivity index (χ2n) is 3.89. The van der Waals surface area contributed by atoms with Crippen molar-refractivity contribution in [2.75, 3.05) is 0 Å². The van der Waals surface area contributed by atoms with E-state index in [1.54, 1.807) is 18.2 Å². The van der Waals surface area contributed by atoms with Crippen molar-refractivity contribution in [3.63, 3.8) is 0 Å². The van der Waals surface area contributed by atoms with Gasteiger partial charge >= 0.3 is 0 Å². The Bertz CT molecular complexity index is 286. The predicted octanol–water partition coefficient (Wildman–Crippen LogP) is 3.83. The third kappa shape index (κ3) is 4.00. The molecule has 0 spiro atoms. The molecule has 0 amide bonds. The van der Waals surface area contributed by atoms with Crippen molar-refractivity contribution in [1.29, 1.82) is 0 Å².